The van der Waals surface area contributed by atoms with Gasteiger partial charge >= 0.3 is 0 Å². The van der Waals surface area contributed by atoms with Crippen LogP contribution in [-0.2, 0) is 10.0 Å². The van der Waals surface area contributed by atoms with Gasteiger partial charge in [-0.15, -0.1) is 0 Å². The number of hydrogen-bond donors (Lipinski definition) is 3. The Balaban J connectivity index is 1.82. The van der Waals surface area contributed by atoms with Gasteiger partial charge in [0.1, 0.15) is 0 Å². The van der Waals surface area contributed by atoms with Crippen molar-refractivity contribution in [1.29, 1.82) is 0 Å². The Morgan fingerprint density at radius 3 is 2.54 bits per heavy atom. The van der Waals surface area contributed by atoms with Gasteiger partial charge < -0.3 is 10.3 Å². The number of H-pyrrole nitrogens is 1. The van der Waals surface area contributed by atoms with E-state index in [1.165, 1.54) is 6.07 Å². The second kappa shape index (κ2) is 7.14. The molecule has 9 heteroatoms. The number of aromatic nitrogens is 2. The first-order valence-electron chi connectivity index (χ1n) is 7.57. The Bertz CT molecular complexity index is 1120. The Labute approximate surface area is 155 Å². The molecule has 0 bridgehead atoms. The van der Waals surface area contributed by atoms with Gasteiger partial charge in [-0.1, -0.05) is 12.1 Å². The predicted octanol–water partition coefficient (Wildman–Crippen LogP) is 3.16. The molecule has 0 spiro atoms. The van der Waals surface area contributed by atoms with Crippen molar-refractivity contribution in [2.24, 2.45) is 0 Å². The molecule has 1 aromatic heterocycles. The topological polar surface area (TPSA) is 96.0 Å². The lowest BCUT2D eigenvalue weighted by atomic mass is 10.2. The van der Waals surface area contributed by atoms with Gasteiger partial charge in [-0.3, -0.25) is 14.1 Å². The summed E-state index contributed by atoms with van der Waals surface area (Å²) >= 11 is 5.20. The van der Waals surface area contributed by atoms with Gasteiger partial charge in [-0.25, -0.2) is 8.42 Å². The molecule has 0 radical (unpaired) electrons. The second-order valence-corrected chi connectivity index (χ2v) is 7.73. The minimum Gasteiger partial charge on any atom is -0.337 e. The van der Waals surface area contributed by atoms with Crippen LogP contribution in [-0.4, -0.2) is 30.1 Å². The molecule has 0 saturated heterocycles. The summed E-state index contributed by atoms with van der Waals surface area (Å²) in [6.07, 6.45) is 4.58. The fraction of sp³-hybridized carbons (Fsp3) is 0.0588. The van der Waals surface area contributed by atoms with E-state index in [2.05, 4.69) is 15.0 Å². The molecule has 3 aromatic rings. The zero-order chi connectivity index (χ0) is 18.7. The van der Waals surface area contributed by atoms with Crippen LogP contribution in [0.5, 0.6) is 0 Å². The predicted molar refractivity (Wildman–Crippen MR) is 104 cm³/mol. The summed E-state index contributed by atoms with van der Waals surface area (Å²) in [5.41, 5.74) is 2.06. The standard InChI is InChI=1S/C17H16N4O3S2/c1-26(23,24)20-14-6-2-4-12(10-14)16(22)19-13-5-3-7-15(11-13)21-9-8-18-17(21)25/h2-11,20H,1H3,(H,18,25)(H,19,22). The number of imidazole rings is 1. The summed E-state index contributed by atoms with van der Waals surface area (Å²) in [6.45, 7) is 0. The number of nitrogens with zero attached hydrogens (tertiary/aromatic N) is 1. The molecular weight excluding hydrogens is 372 g/mol. The van der Waals surface area contributed by atoms with Gasteiger partial charge in [-0.05, 0) is 48.6 Å². The number of amides is 1. The van der Waals surface area contributed by atoms with Gasteiger partial charge in [0.2, 0.25) is 10.0 Å². The van der Waals surface area contributed by atoms with E-state index in [4.69, 9.17) is 12.2 Å². The first-order valence-corrected chi connectivity index (χ1v) is 9.87. The molecule has 0 fully saturated rings. The first-order chi connectivity index (χ1) is 12.3. The Hall–Kier alpha value is -2.91. The maximum atomic E-state index is 12.5. The van der Waals surface area contributed by atoms with Gasteiger partial charge in [0, 0.05) is 35.0 Å². The van der Waals surface area contributed by atoms with Crippen molar-refractivity contribution in [3.63, 3.8) is 0 Å². The fourth-order valence-electron chi connectivity index (χ4n) is 2.40. The fourth-order valence-corrected chi connectivity index (χ4v) is 3.19. The number of sulfonamides is 1. The first kappa shape index (κ1) is 17.9. The highest BCUT2D eigenvalue weighted by Crippen LogP contribution is 2.17. The minimum atomic E-state index is -3.41. The van der Waals surface area contributed by atoms with E-state index in [9.17, 15) is 13.2 Å². The van der Waals surface area contributed by atoms with E-state index in [-0.39, 0.29) is 5.91 Å². The zero-order valence-corrected chi connectivity index (χ0v) is 15.4. The quantitative estimate of drug-likeness (QED) is 0.585. The molecular formula is C17H16N4O3S2. The van der Waals surface area contributed by atoms with Crippen LogP contribution < -0.4 is 10.0 Å². The highest BCUT2D eigenvalue weighted by Gasteiger charge is 2.09. The SMILES string of the molecule is CS(=O)(=O)Nc1cccc(C(=O)Nc2cccc(-n3cc[nH]c3=S)c2)c1. The molecule has 0 aliphatic carbocycles. The van der Waals surface area contributed by atoms with Crippen LogP contribution in [0.4, 0.5) is 11.4 Å². The van der Waals surface area contributed by atoms with Crippen LogP contribution in [0.2, 0.25) is 0 Å². The largest absolute Gasteiger partial charge is 0.337 e. The van der Waals surface area contributed by atoms with E-state index in [1.807, 2.05) is 6.07 Å². The smallest absolute Gasteiger partial charge is 0.255 e. The number of carbonyl (C=O) groups is 1. The highest BCUT2D eigenvalue weighted by atomic mass is 32.2. The van der Waals surface area contributed by atoms with Crippen LogP contribution in [0.1, 0.15) is 10.4 Å². The van der Waals surface area contributed by atoms with Gasteiger partial charge in [0.05, 0.1) is 6.26 Å². The monoisotopic (exact) mass is 388 g/mol. The number of rotatable bonds is 5. The third-order valence-electron chi connectivity index (χ3n) is 3.46. The van der Waals surface area contributed by atoms with Gasteiger partial charge in [-0.2, -0.15) is 0 Å². The lowest BCUT2D eigenvalue weighted by molar-refractivity contribution is 0.102. The summed E-state index contributed by atoms with van der Waals surface area (Å²) in [6, 6.07) is 13.5. The summed E-state index contributed by atoms with van der Waals surface area (Å²) in [4.78, 5) is 15.4. The highest BCUT2D eigenvalue weighted by molar-refractivity contribution is 7.92. The van der Waals surface area contributed by atoms with Crippen molar-refractivity contribution in [2.45, 2.75) is 0 Å². The van der Waals surface area contributed by atoms with Crippen molar-refractivity contribution >= 4 is 39.5 Å². The summed E-state index contributed by atoms with van der Waals surface area (Å²) in [7, 11) is -3.41. The van der Waals surface area contributed by atoms with Crippen LogP contribution in [0.15, 0.2) is 60.9 Å². The van der Waals surface area contributed by atoms with Gasteiger partial charge in [0.25, 0.3) is 5.91 Å². The number of carbonyl (C=O) groups excluding carboxylic acids is 1. The molecule has 2 aromatic carbocycles. The lowest BCUT2D eigenvalue weighted by Gasteiger charge is -2.09. The molecule has 0 atom stereocenters. The third kappa shape index (κ3) is 4.38. The average molecular weight is 388 g/mol. The minimum absolute atomic E-state index is 0.326. The van der Waals surface area contributed by atoms with Crippen molar-refractivity contribution in [2.75, 3.05) is 16.3 Å². The molecule has 7 nitrogen and oxygen atoms in total. The van der Waals surface area contributed by atoms with Gasteiger partial charge in [0.15, 0.2) is 4.77 Å². The molecule has 0 aliphatic heterocycles. The number of hydrogen-bond acceptors (Lipinski definition) is 4. The zero-order valence-electron chi connectivity index (χ0n) is 13.8. The Morgan fingerprint density at radius 1 is 1.12 bits per heavy atom. The van der Waals surface area contributed by atoms with E-state index in [0.29, 0.717) is 21.7 Å². The summed E-state index contributed by atoms with van der Waals surface area (Å²) in [5.74, 6) is -0.350. The van der Waals surface area contributed by atoms with E-state index >= 15 is 0 Å². The van der Waals surface area contributed by atoms with Crippen molar-refractivity contribution in [3.8, 4) is 5.69 Å². The van der Waals surface area contributed by atoms with Crippen LogP contribution in [0, 0.1) is 4.77 Å². The number of nitrogens with one attached hydrogen (secondary N) is 3. The number of anilines is 2. The third-order valence-corrected chi connectivity index (χ3v) is 4.38. The molecule has 26 heavy (non-hydrogen) atoms. The van der Waals surface area contributed by atoms with E-state index < -0.39 is 10.0 Å². The van der Waals surface area contributed by atoms with E-state index in [1.54, 1.807) is 53.4 Å². The summed E-state index contributed by atoms with van der Waals surface area (Å²) < 4.78 is 27.3. The number of benzene rings is 2. The van der Waals surface area contributed by atoms with E-state index in [0.717, 1.165) is 11.9 Å². The molecule has 0 unspecified atom stereocenters. The molecule has 1 amide bonds. The van der Waals surface area contributed by atoms with Crippen LogP contribution in [0.25, 0.3) is 5.69 Å². The molecule has 3 rings (SSSR count). The van der Waals surface area contributed by atoms with Crippen molar-refractivity contribution < 1.29 is 13.2 Å². The van der Waals surface area contributed by atoms with Crippen LogP contribution in [0.3, 0.4) is 0 Å². The average Bonchev–Trinajstić information content (AvgIpc) is 3.00. The second-order valence-electron chi connectivity index (χ2n) is 5.59. The lowest BCUT2D eigenvalue weighted by Crippen LogP contribution is -2.14. The molecule has 1 heterocycles. The number of aromatic amines is 1. The Kier molecular flexibility index (Phi) is 4.92. The van der Waals surface area contributed by atoms with Crippen molar-refractivity contribution in [1.82, 2.24) is 9.55 Å². The Morgan fingerprint density at radius 2 is 1.85 bits per heavy atom. The summed E-state index contributed by atoms with van der Waals surface area (Å²) in [5, 5.41) is 2.80. The molecule has 0 aliphatic rings. The maximum absolute atomic E-state index is 12.5. The van der Waals surface area contributed by atoms with Crippen LogP contribution >= 0.6 is 12.2 Å². The molecule has 134 valence electrons. The molecule has 3 N–H and O–H groups in total. The normalized spacial score (nSPS) is 11.1. The maximum Gasteiger partial charge on any atom is 0.255 e. The van der Waals surface area contributed by atoms with Crippen molar-refractivity contribution in [3.05, 3.63) is 71.3 Å². The molecule has 0 saturated carbocycles.